The Morgan fingerprint density at radius 3 is 2.61 bits per heavy atom. The Labute approximate surface area is 192 Å². The first-order valence-corrected chi connectivity index (χ1v) is 11.5. The molecule has 0 radical (unpaired) electrons. The fourth-order valence-electron chi connectivity index (χ4n) is 4.61. The third kappa shape index (κ3) is 4.77. The van der Waals surface area contributed by atoms with Gasteiger partial charge in [-0.1, -0.05) is 67.9 Å². The summed E-state index contributed by atoms with van der Waals surface area (Å²) in [6.45, 7) is 2.60. The number of H-pyrrole nitrogens is 1. The molecule has 33 heavy (non-hydrogen) atoms. The Morgan fingerprint density at radius 2 is 1.85 bits per heavy atom. The largest absolute Gasteiger partial charge is 0.383 e. The van der Waals surface area contributed by atoms with Crippen LogP contribution in [0.3, 0.4) is 0 Å². The highest BCUT2D eigenvalue weighted by Gasteiger charge is 2.30. The van der Waals surface area contributed by atoms with Crippen molar-refractivity contribution in [3.63, 3.8) is 0 Å². The standard InChI is InChI=1S/C26H30N4O3/c1-2-3-15-29-24(27)23(25(32)28-26(29)33)30(17-18-9-5-4-6-10-18)22(31)16-20-14-13-19-11-7-8-12-21(19)20/h4-12,20H,2-3,13-17,27H2,1H3,(H,28,32,33). The highest BCUT2D eigenvalue weighted by atomic mass is 16.2. The molecule has 1 amide bonds. The van der Waals surface area contributed by atoms with Crippen molar-refractivity contribution in [3.05, 3.63) is 92.1 Å². The van der Waals surface area contributed by atoms with Crippen molar-refractivity contribution < 1.29 is 4.79 Å². The number of amides is 1. The number of nitrogens with zero attached hydrogens (tertiary/aromatic N) is 2. The second kappa shape index (κ2) is 9.90. The van der Waals surface area contributed by atoms with Crippen molar-refractivity contribution in [2.24, 2.45) is 0 Å². The number of anilines is 2. The fourth-order valence-corrected chi connectivity index (χ4v) is 4.61. The van der Waals surface area contributed by atoms with Gasteiger partial charge in [-0.15, -0.1) is 0 Å². The van der Waals surface area contributed by atoms with Crippen LogP contribution < -0.4 is 21.9 Å². The van der Waals surface area contributed by atoms with Gasteiger partial charge in [0.1, 0.15) is 5.82 Å². The Morgan fingerprint density at radius 1 is 1.12 bits per heavy atom. The molecule has 0 saturated heterocycles. The van der Waals surface area contributed by atoms with Crippen LogP contribution >= 0.6 is 0 Å². The van der Waals surface area contributed by atoms with Crippen LogP contribution in [0.5, 0.6) is 0 Å². The van der Waals surface area contributed by atoms with E-state index in [1.807, 2.05) is 49.4 Å². The molecule has 1 aliphatic carbocycles. The highest BCUT2D eigenvalue weighted by molar-refractivity contribution is 5.96. The van der Waals surface area contributed by atoms with Crippen LogP contribution in [0.1, 0.15) is 55.2 Å². The van der Waals surface area contributed by atoms with E-state index in [4.69, 9.17) is 5.73 Å². The number of nitrogens with two attached hydrogens (primary N) is 1. The van der Waals surface area contributed by atoms with E-state index in [-0.39, 0.29) is 36.3 Å². The van der Waals surface area contributed by atoms with E-state index in [1.54, 1.807) is 0 Å². The molecule has 0 saturated carbocycles. The van der Waals surface area contributed by atoms with Crippen molar-refractivity contribution in [1.82, 2.24) is 9.55 Å². The quantitative estimate of drug-likeness (QED) is 0.552. The lowest BCUT2D eigenvalue weighted by Gasteiger charge is -2.26. The minimum absolute atomic E-state index is 0.0355. The summed E-state index contributed by atoms with van der Waals surface area (Å²) in [6, 6.07) is 17.7. The van der Waals surface area contributed by atoms with Crippen LogP contribution in [0.4, 0.5) is 11.5 Å². The number of aromatic nitrogens is 2. The third-order valence-corrected chi connectivity index (χ3v) is 6.38. The van der Waals surface area contributed by atoms with Gasteiger partial charge in [-0.05, 0) is 41.9 Å². The van der Waals surface area contributed by atoms with Gasteiger partial charge in [0, 0.05) is 13.0 Å². The van der Waals surface area contributed by atoms with Crippen molar-refractivity contribution in [2.75, 3.05) is 10.6 Å². The summed E-state index contributed by atoms with van der Waals surface area (Å²) in [6.07, 6.45) is 3.72. The normalized spacial score (nSPS) is 14.8. The average Bonchev–Trinajstić information content (AvgIpc) is 3.21. The summed E-state index contributed by atoms with van der Waals surface area (Å²) in [5.41, 5.74) is 8.56. The first-order valence-electron chi connectivity index (χ1n) is 11.5. The van der Waals surface area contributed by atoms with E-state index in [0.29, 0.717) is 6.54 Å². The minimum atomic E-state index is -0.638. The first kappa shape index (κ1) is 22.6. The fraction of sp³-hybridized carbons (Fsp3) is 0.346. The van der Waals surface area contributed by atoms with Gasteiger partial charge in [0.05, 0.1) is 6.54 Å². The summed E-state index contributed by atoms with van der Waals surface area (Å²) < 4.78 is 1.36. The van der Waals surface area contributed by atoms with Crippen LogP contribution in [-0.2, 0) is 24.3 Å². The molecular formula is C26H30N4O3. The average molecular weight is 447 g/mol. The van der Waals surface area contributed by atoms with Gasteiger partial charge in [-0.25, -0.2) is 4.79 Å². The molecule has 3 N–H and O–H groups in total. The number of carbonyl (C=O) groups is 1. The zero-order chi connectivity index (χ0) is 23.4. The molecule has 0 aliphatic heterocycles. The molecule has 7 nitrogen and oxygen atoms in total. The maximum absolute atomic E-state index is 13.7. The molecule has 4 rings (SSSR count). The molecule has 7 heteroatoms. The molecule has 172 valence electrons. The van der Waals surface area contributed by atoms with Crippen molar-refractivity contribution in [1.29, 1.82) is 0 Å². The Balaban J connectivity index is 1.72. The zero-order valence-electron chi connectivity index (χ0n) is 18.9. The van der Waals surface area contributed by atoms with Gasteiger partial charge in [-0.2, -0.15) is 0 Å². The summed E-state index contributed by atoms with van der Waals surface area (Å²) >= 11 is 0. The zero-order valence-corrected chi connectivity index (χ0v) is 18.9. The molecule has 1 heterocycles. The van der Waals surface area contributed by atoms with E-state index in [9.17, 15) is 14.4 Å². The number of nitrogens with one attached hydrogen (secondary N) is 1. The molecule has 1 atom stereocenters. The SMILES string of the molecule is CCCCn1c(N)c(N(Cc2ccccc2)C(=O)CC2CCc3ccccc32)c(=O)[nH]c1=O. The minimum Gasteiger partial charge on any atom is -0.383 e. The van der Waals surface area contributed by atoms with Gasteiger partial charge >= 0.3 is 5.69 Å². The Kier molecular flexibility index (Phi) is 6.77. The lowest BCUT2D eigenvalue weighted by molar-refractivity contribution is -0.119. The van der Waals surface area contributed by atoms with Gasteiger partial charge in [0.15, 0.2) is 5.69 Å². The van der Waals surface area contributed by atoms with Gasteiger partial charge in [-0.3, -0.25) is 19.1 Å². The van der Waals surface area contributed by atoms with E-state index in [1.165, 1.54) is 20.6 Å². The Bertz CT molecular complexity index is 1250. The second-order valence-electron chi connectivity index (χ2n) is 8.60. The molecule has 2 aromatic carbocycles. The number of aromatic amines is 1. The third-order valence-electron chi connectivity index (χ3n) is 6.38. The Hall–Kier alpha value is -3.61. The van der Waals surface area contributed by atoms with E-state index in [2.05, 4.69) is 17.1 Å². The highest BCUT2D eigenvalue weighted by Crippen LogP contribution is 2.36. The molecule has 1 aliphatic rings. The molecule has 0 fully saturated rings. The molecule has 0 bridgehead atoms. The number of benzene rings is 2. The topological polar surface area (TPSA) is 101 Å². The van der Waals surface area contributed by atoms with Gasteiger partial charge < -0.3 is 10.6 Å². The van der Waals surface area contributed by atoms with E-state index in [0.717, 1.165) is 31.2 Å². The van der Waals surface area contributed by atoms with Crippen molar-refractivity contribution in [2.45, 2.75) is 58.0 Å². The van der Waals surface area contributed by atoms with E-state index >= 15 is 0 Å². The number of rotatable bonds is 8. The summed E-state index contributed by atoms with van der Waals surface area (Å²) in [5, 5.41) is 0. The van der Waals surface area contributed by atoms with E-state index < -0.39 is 11.2 Å². The van der Waals surface area contributed by atoms with Crippen LogP contribution in [0.15, 0.2) is 64.2 Å². The molecule has 3 aromatic rings. The van der Waals surface area contributed by atoms with Gasteiger partial charge in [0.25, 0.3) is 5.56 Å². The molecule has 1 unspecified atom stereocenters. The van der Waals surface area contributed by atoms with Crippen LogP contribution in [0.25, 0.3) is 0 Å². The monoisotopic (exact) mass is 446 g/mol. The number of carbonyl (C=O) groups excluding carboxylic acids is 1. The maximum atomic E-state index is 13.7. The molecule has 0 spiro atoms. The predicted molar refractivity (Wildman–Crippen MR) is 130 cm³/mol. The summed E-state index contributed by atoms with van der Waals surface area (Å²) in [5.74, 6) is -0.0509. The summed E-state index contributed by atoms with van der Waals surface area (Å²) in [4.78, 5) is 42.8. The number of aryl methyl sites for hydroxylation is 1. The van der Waals surface area contributed by atoms with Crippen molar-refractivity contribution >= 4 is 17.4 Å². The van der Waals surface area contributed by atoms with Crippen LogP contribution in [-0.4, -0.2) is 15.5 Å². The predicted octanol–water partition coefficient (Wildman–Crippen LogP) is 3.57. The number of fused-ring (bicyclic) bond motifs is 1. The molecule has 1 aromatic heterocycles. The summed E-state index contributed by atoms with van der Waals surface area (Å²) in [7, 11) is 0. The van der Waals surface area contributed by atoms with Crippen LogP contribution in [0, 0.1) is 0 Å². The number of unbranched alkanes of at least 4 members (excludes halogenated alkanes) is 1. The maximum Gasteiger partial charge on any atom is 0.330 e. The lowest BCUT2D eigenvalue weighted by Crippen LogP contribution is -2.41. The van der Waals surface area contributed by atoms with Crippen molar-refractivity contribution in [3.8, 4) is 0 Å². The number of nitrogen functional groups attached to an aromatic ring is 1. The smallest absolute Gasteiger partial charge is 0.330 e. The first-order chi connectivity index (χ1) is 16.0. The van der Waals surface area contributed by atoms with Crippen LogP contribution in [0.2, 0.25) is 0 Å². The second-order valence-corrected chi connectivity index (χ2v) is 8.60. The molecular weight excluding hydrogens is 416 g/mol. The number of hydrogen-bond acceptors (Lipinski definition) is 4. The number of hydrogen-bond donors (Lipinski definition) is 2. The van der Waals surface area contributed by atoms with Gasteiger partial charge in [0.2, 0.25) is 5.91 Å². The lowest BCUT2D eigenvalue weighted by atomic mass is 9.97.